The maximum absolute atomic E-state index is 12.4. The minimum atomic E-state index is -4.82. The number of ether oxygens (including phenoxy) is 1. The van der Waals surface area contributed by atoms with Crippen LogP contribution in [0.15, 0.2) is 53.4 Å². The molecule has 0 atom stereocenters. The van der Waals surface area contributed by atoms with Crippen molar-refractivity contribution in [2.75, 3.05) is 22.7 Å². The van der Waals surface area contributed by atoms with Crippen LogP contribution >= 0.6 is 0 Å². The Balaban J connectivity index is 1.70. The van der Waals surface area contributed by atoms with Gasteiger partial charge in [0.25, 0.3) is 10.0 Å². The van der Waals surface area contributed by atoms with Crippen LogP contribution in [0.3, 0.4) is 0 Å². The van der Waals surface area contributed by atoms with E-state index >= 15 is 0 Å². The third kappa shape index (κ3) is 4.60. The number of anilines is 2. The molecule has 0 bridgehead atoms. The summed E-state index contributed by atoms with van der Waals surface area (Å²) in [6.45, 7) is 1.97. The van der Waals surface area contributed by atoms with Gasteiger partial charge in [0.15, 0.2) is 0 Å². The minimum absolute atomic E-state index is 0.157. The first-order chi connectivity index (χ1) is 12.2. The fourth-order valence-corrected chi connectivity index (χ4v) is 3.81. The Hall–Kier alpha value is -2.42. The van der Waals surface area contributed by atoms with Crippen molar-refractivity contribution in [3.63, 3.8) is 0 Å². The molecule has 2 aromatic carbocycles. The number of hydrogen-bond donors (Lipinski definition) is 1. The molecule has 1 fully saturated rings. The van der Waals surface area contributed by atoms with Gasteiger partial charge in [0.2, 0.25) is 0 Å². The fourth-order valence-electron chi connectivity index (χ4n) is 2.75. The van der Waals surface area contributed by atoms with Gasteiger partial charge in [-0.25, -0.2) is 8.42 Å². The van der Waals surface area contributed by atoms with Crippen LogP contribution in [0.1, 0.15) is 12.8 Å². The maximum Gasteiger partial charge on any atom is 0.573 e. The summed E-state index contributed by atoms with van der Waals surface area (Å²) in [6, 6.07) is 11.0. The van der Waals surface area contributed by atoms with E-state index in [1.165, 1.54) is 0 Å². The second-order valence-corrected chi connectivity index (χ2v) is 7.55. The van der Waals surface area contributed by atoms with Crippen molar-refractivity contribution < 1.29 is 26.3 Å². The van der Waals surface area contributed by atoms with Gasteiger partial charge in [-0.2, -0.15) is 0 Å². The first kappa shape index (κ1) is 18.4. The summed E-state index contributed by atoms with van der Waals surface area (Å²) in [5.74, 6) is -0.480. The highest BCUT2D eigenvalue weighted by molar-refractivity contribution is 7.92. The summed E-state index contributed by atoms with van der Waals surface area (Å²) in [6.07, 6.45) is -2.54. The third-order valence-corrected chi connectivity index (χ3v) is 5.36. The lowest BCUT2D eigenvalue weighted by molar-refractivity contribution is -0.274. The number of alkyl halides is 3. The molecule has 26 heavy (non-hydrogen) atoms. The fraction of sp³-hybridized carbons (Fsp3) is 0.294. The molecule has 0 spiro atoms. The lowest BCUT2D eigenvalue weighted by Gasteiger charge is -2.18. The number of halogens is 3. The molecule has 5 nitrogen and oxygen atoms in total. The van der Waals surface area contributed by atoms with Crippen molar-refractivity contribution in [1.82, 2.24) is 0 Å². The third-order valence-electron chi connectivity index (χ3n) is 3.96. The van der Waals surface area contributed by atoms with E-state index in [4.69, 9.17) is 0 Å². The lowest BCUT2D eigenvalue weighted by Crippen LogP contribution is -2.18. The van der Waals surface area contributed by atoms with E-state index in [1.807, 2.05) is 12.1 Å². The van der Waals surface area contributed by atoms with Gasteiger partial charge in [-0.1, -0.05) is 0 Å². The first-order valence-corrected chi connectivity index (χ1v) is 9.45. The number of hydrogen-bond acceptors (Lipinski definition) is 4. The van der Waals surface area contributed by atoms with Gasteiger partial charge in [0, 0.05) is 24.5 Å². The highest BCUT2D eigenvalue weighted by Gasteiger charge is 2.31. The van der Waals surface area contributed by atoms with E-state index in [0.717, 1.165) is 55.9 Å². The Labute approximate surface area is 149 Å². The Kier molecular flexibility index (Phi) is 4.99. The van der Waals surface area contributed by atoms with Crippen molar-refractivity contribution >= 4 is 21.4 Å². The Bertz CT molecular complexity index is 844. The topological polar surface area (TPSA) is 58.6 Å². The second kappa shape index (κ2) is 7.06. The molecule has 1 N–H and O–H groups in total. The van der Waals surface area contributed by atoms with E-state index in [2.05, 4.69) is 14.4 Å². The van der Waals surface area contributed by atoms with Gasteiger partial charge >= 0.3 is 6.36 Å². The summed E-state index contributed by atoms with van der Waals surface area (Å²) >= 11 is 0. The summed E-state index contributed by atoms with van der Waals surface area (Å²) in [5.41, 5.74) is 1.41. The zero-order chi connectivity index (χ0) is 18.8. The quantitative estimate of drug-likeness (QED) is 0.844. The van der Waals surface area contributed by atoms with E-state index < -0.39 is 22.1 Å². The molecule has 9 heteroatoms. The molecular formula is C17H17F3N2O3S. The monoisotopic (exact) mass is 386 g/mol. The van der Waals surface area contributed by atoms with Gasteiger partial charge in [-0.15, -0.1) is 13.2 Å². The van der Waals surface area contributed by atoms with E-state index in [-0.39, 0.29) is 4.90 Å². The van der Waals surface area contributed by atoms with Crippen LogP contribution in [0, 0.1) is 0 Å². The Morgan fingerprint density at radius 3 is 2.04 bits per heavy atom. The minimum Gasteiger partial charge on any atom is -0.406 e. The normalized spacial score (nSPS) is 15.1. The summed E-state index contributed by atoms with van der Waals surface area (Å²) in [4.78, 5) is 2.06. The largest absolute Gasteiger partial charge is 0.573 e. The standard InChI is InChI=1S/C17H17F3N2O3S/c18-17(19,20)25-15-7-9-16(10-8-15)26(23,24)21-13-3-5-14(6-4-13)22-11-1-2-12-22/h3-10,21H,1-2,11-12H2. The molecule has 140 valence electrons. The van der Waals surface area contributed by atoms with Crippen LogP contribution in [0.4, 0.5) is 24.5 Å². The summed E-state index contributed by atoms with van der Waals surface area (Å²) in [5, 5.41) is 0. The predicted molar refractivity (Wildman–Crippen MR) is 91.8 cm³/mol. The molecule has 1 heterocycles. The number of nitrogens with zero attached hydrogens (tertiary/aromatic N) is 1. The zero-order valence-electron chi connectivity index (χ0n) is 13.7. The summed E-state index contributed by atoms with van der Waals surface area (Å²) < 4.78 is 67.3. The average molecular weight is 386 g/mol. The molecule has 2 aromatic rings. The highest BCUT2D eigenvalue weighted by atomic mass is 32.2. The SMILES string of the molecule is O=S(=O)(Nc1ccc(N2CCCC2)cc1)c1ccc(OC(F)(F)F)cc1. The molecule has 1 aliphatic rings. The number of rotatable bonds is 5. The number of nitrogens with one attached hydrogen (secondary N) is 1. The zero-order valence-corrected chi connectivity index (χ0v) is 14.5. The average Bonchev–Trinajstić information content (AvgIpc) is 3.09. The number of sulfonamides is 1. The van der Waals surface area contributed by atoms with Crippen molar-refractivity contribution in [1.29, 1.82) is 0 Å². The van der Waals surface area contributed by atoms with Gasteiger partial charge in [0.1, 0.15) is 5.75 Å². The van der Waals surface area contributed by atoms with Crippen LogP contribution in [0.5, 0.6) is 5.75 Å². The molecule has 3 rings (SSSR count). The van der Waals surface area contributed by atoms with Crippen molar-refractivity contribution in [3.8, 4) is 5.75 Å². The smallest absolute Gasteiger partial charge is 0.406 e. The summed E-state index contributed by atoms with van der Waals surface area (Å²) in [7, 11) is -3.91. The van der Waals surface area contributed by atoms with Gasteiger partial charge < -0.3 is 9.64 Å². The molecule has 0 aliphatic carbocycles. The van der Waals surface area contributed by atoms with Crippen molar-refractivity contribution in [2.45, 2.75) is 24.1 Å². The van der Waals surface area contributed by atoms with Gasteiger partial charge in [-0.05, 0) is 61.4 Å². The van der Waals surface area contributed by atoms with E-state index in [9.17, 15) is 21.6 Å². The highest BCUT2D eigenvalue weighted by Crippen LogP contribution is 2.26. The van der Waals surface area contributed by atoms with Gasteiger partial charge in [0.05, 0.1) is 4.90 Å². The predicted octanol–water partition coefficient (Wildman–Crippen LogP) is 3.99. The first-order valence-electron chi connectivity index (χ1n) is 7.97. The van der Waals surface area contributed by atoms with E-state index in [1.54, 1.807) is 12.1 Å². The van der Waals surface area contributed by atoms with Crippen LogP contribution in [-0.2, 0) is 10.0 Å². The molecule has 0 amide bonds. The van der Waals surface area contributed by atoms with Crippen LogP contribution in [0.25, 0.3) is 0 Å². The Morgan fingerprint density at radius 2 is 1.50 bits per heavy atom. The maximum atomic E-state index is 12.4. The van der Waals surface area contributed by atoms with Gasteiger partial charge in [-0.3, -0.25) is 4.72 Å². The van der Waals surface area contributed by atoms with Crippen LogP contribution in [0.2, 0.25) is 0 Å². The Morgan fingerprint density at radius 1 is 0.923 bits per heavy atom. The van der Waals surface area contributed by atoms with Crippen molar-refractivity contribution in [3.05, 3.63) is 48.5 Å². The molecule has 0 radical (unpaired) electrons. The van der Waals surface area contributed by atoms with Crippen LogP contribution < -0.4 is 14.4 Å². The second-order valence-electron chi connectivity index (χ2n) is 5.87. The molecule has 0 aromatic heterocycles. The molecular weight excluding hydrogens is 369 g/mol. The molecule has 1 saturated heterocycles. The molecule has 0 unspecified atom stereocenters. The van der Waals surface area contributed by atoms with Crippen molar-refractivity contribution in [2.24, 2.45) is 0 Å². The molecule has 1 aliphatic heterocycles. The lowest BCUT2D eigenvalue weighted by atomic mass is 10.2. The molecule has 0 saturated carbocycles. The van der Waals surface area contributed by atoms with E-state index in [0.29, 0.717) is 5.69 Å². The number of benzene rings is 2. The van der Waals surface area contributed by atoms with Crippen LogP contribution in [-0.4, -0.2) is 27.9 Å².